The molecular weight excluding hydrogens is 542 g/mol. The van der Waals surface area contributed by atoms with Crippen molar-refractivity contribution in [3.63, 3.8) is 0 Å². The van der Waals surface area contributed by atoms with Crippen LogP contribution in [-0.4, -0.2) is 65.4 Å². The van der Waals surface area contributed by atoms with Crippen LogP contribution in [0, 0.1) is 0 Å². The molecule has 7 rings (SSSR count). The Morgan fingerprint density at radius 2 is 1.76 bits per heavy atom. The second kappa shape index (κ2) is 9.56. The predicted octanol–water partition coefficient (Wildman–Crippen LogP) is 3.46. The fourth-order valence-electron chi connectivity index (χ4n) is 6.39. The number of pyridine rings is 1. The van der Waals surface area contributed by atoms with E-state index in [4.69, 9.17) is 10.7 Å². The third kappa shape index (κ3) is 4.11. The van der Waals surface area contributed by atoms with Gasteiger partial charge < -0.3 is 5.73 Å². The standard InChI is InChI=1S/C28H27N9O3S/c1-16(38)24-25(19-11-20-8-9-21(12-19)37(20)41(39,40)28-31-15-32-35-28)34-27-22(14-33-36(27)26(24)29)18-7-10-23(30-13-18)17-5-3-2-4-6-17/h2-7,10,13-15,19-21H,8-9,11-12,29H2,1H3,(H,31,32,35). The van der Waals surface area contributed by atoms with Crippen molar-refractivity contribution in [3.8, 4) is 22.4 Å². The van der Waals surface area contributed by atoms with E-state index in [-0.39, 0.29) is 34.8 Å². The minimum atomic E-state index is -3.82. The number of nitrogens with one attached hydrogen (secondary N) is 1. The first-order chi connectivity index (χ1) is 19.8. The minimum Gasteiger partial charge on any atom is -0.383 e. The number of hydrogen-bond acceptors (Lipinski definition) is 9. The molecule has 208 valence electrons. The summed E-state index contributed by atoms with van der Waals surface area (Å²) < 4.78 is 29.7. The van der Waals surface area contributed by atoms with Gasteiger partial charge in [-0.15, -0.1) is 0 Å². The molecule has 2 bridgehead atoms. The number of sulfonamides is 1. The van der Waals surface area contributed by atoms with Crippen LogP contribution in [0.1, 0.15) is 54.6 Å². The largest absolute Gasteiger partial charge is 0.383 e. The molecule has 3 N–H and O–H groups in total. The van der Waals surface area contributed by atoms with E-state index >= 15 is 0 Å². The highest BCUT2D eigenvalue weighted by molar-refractivity contribution is 7.89. The monoisotopic (exact) mass is 569 g/mol. The first kappa shape index (κ1) is 25.5. The van der Waals surface area contributed by atoms with Gasteiger partial charge in [-0.25, -0.2) is 23.5 Å². The molecular formula is C28H27N9O3S. The lowest BCUT2D eigenvalue weighted by molar-refractivity contribution is 0.101. The van der Waals surface area contributed by atoms with Crippen LogP contribution in [0.4, 0.5) is 5.82 Å². The lowest BCUT2D eigenvalue weighted by Crippen LogP contribution is -2.46. The van der Waals surface area contributed by atoms with Crippen molar-refractivity contribution in [2.24, 2.45) is 0 Å². The summed E-state index contributed by atoms with van der Waals surface area (Å²) in [6, 6.07) is 13.3. The number of nitrogens with zero attached hydrogens (tertiary/aromatic N) is 7. The molecule has 0 aliphatic carbocycles. The van der Waals surface area contributed by atoms with Crippen molar-refractivity contribution in [1.82, 2.24) is 39.1 Å². The van der Waals surface area contributed by atoms with Gasteiger partial charge in [-0.2, -0.15) is 19.0 Å². The number of carbonyl (C=O) groups is 1. The highest BCUT2D eigenvalue weighted by Gasteiger charge is 2.49. The quantitative estimate of drug-likeness (QED) is 0.291. The summed E-state index contributed by atoms with van der Waals surface area (Å²) in [5.74, 6) is -0.134. The Morgan fingerprint density at radius 3 is 2.39 bits per heavy atom. The Balaban J connectivity index is 1.27. The average molecular weight is 570 g/mol. The molecule has 0 spiro atoms. The minimum absolute atomic E-state index is 0.152. The Labute approximate surface area is 235 Å². The van der Waals surface area contributed by atoms with Crippen molar-refractivity contribution in [3.05, 3.63) is 72.4 Å². The molecule has 0 saturated carbocycles. The Kier molecular flexibility index (Phi) is 5.94. The highest BCUT2D eigenvalue weighted by atomic mass is 32.2. The van der Waals surface area contributed by atoms with Gasteiger partial charge in [0.2, 0.25) is 0 Å². The van der Waals surface area contributed by atoms with Crippen molar-refractivity contribution in [1.29, 1.82) is 0 Å². The molecule has 2 atom stereocenters. The van der Waals surface area contributed by atoms with E-state index in [1.54, 1.807) is 16.7 Å². The van der Waals surface area contributed by atoms with Gasteiger partial charge in [0.05, 0.1) is 23.1 Å². The van der Waals surface area contributed by atoms with Gasteiger partial charge in [0.25, 0.3) is 15.2 Å². The van der Waals surface area contributed by atoms with E-state index in [2.05, 4.69) is 25.3 Å². The van der Waals surface area contributed by atoms with E-state index in [1.807, 2.05) is 42.5 Å². The van der Waals surface area contributed by atoms with Crippen LogP contribution in [0.2, 0.25) is 0 Å². The first-order valence-corrected chi connectivity index (χ1v) is 14.9. The molecule has 12 nitrogen and oxygen atoms in total. The van der Waals surface area contributed by atoms with E-state index in [9.17, 15) is 13.2 Å². The van der Waals surface area contributed by atoms with Gasteiger partial charge in [-0.3, -0.25) is 9.78 Å². The van der Waals surface area contributed by atoms with Crippen molar-refractivity contribution >= 4 is 27.3 Å². The molecule has 4 aromatic heterocycles. The van der Waals surface area contributed by atoms with Crippen LogP contribution in [-0.2, 0) is 10.0 Å². The second-order valence-electron chi connectivity index (χ2n) is 10.6. The van der Waals surface area contributed by atoms with Gasteiger partial charge in [0.1, 0.15) is 12.1 Å². The molecule has 2 fully saturated rings. The Hall–Kier alpha value is -4.49. The van der Waals surface area contributed by atoms with E-state index < -0.39 is 10.0 Å². The molecule has 0 amide bonds. The molecule has 13 heteroatoms. The van der Waals surface area contributed by atoms with Gasteiger partial charge in [-0.1, -0.05) is 36.4 Å². The summed E-state index contributed by atoms with van der Waals surface area (Å²) in [7, 11) is -3.82. The first-order valence-electron chi connectivity index (χ1n) is 13.4. The number of benzene rings is 1. The van der Waals surface area contributed by atoms with Crippen LogP contribution >= 0.6 is 0 Å². The molecule has 0 radical (unpaired) electrons. The number of rotatable bonds is 6. The molecule has 2 aliphatic heterocycles. The number of ketones is 1. The third-order valence-electron chi connectivity index (χ3n) is 8.17. The van der Waals surface area contributed by atoms with Crippen molar-refractivity contribution < 1.29 is 13.2 Å². The molecule has 2 aliphatic rings. The normalized spacial score (nSPS) is 21.0. The number of carbonyl (C=O) groups excluding carboxylic acids is 1. The van der Waals surface area contributed by atoms with Gasteiger partial charge >= 0.3 is 0 Å². The topological polar surface area (TPSA) is 165 Å². The lowest BCUT2D eigenvalue weighted by Gasteiger charge is -2.37. The summed E-state index contributed by atoms with van der Waals surface area (Å²) in [5.41, 5.74) is 11.4. The lowest BCUT2D eigenvalue weighted by atomic mass is 9.86. The molecule has 41 heavy (non-hydrogen) atoms. The number of hydrogen-bond donors (Lipinski definition) is 2. The number of fused-ring (bicyclic) bond motifs is 3. The number of anilines is 1. The summed E-state index contributed by atoms with van der Waals surface area (Å²) >= 11 is 0. The number of aromatic nitrogens is 7. The Morgan fingerprint density at radius 1 is 1.00 bits per heavy atom. The fourth-order valence-corrected chi connectivity index (χ4v) is 8.11. The third-order valence-corrected chi connectivity index (χ3v) is 10.0. The molecule has 1 aromatic carbocycles. The fraction of sp³-hybridized carbons (Fsp3) is 0.286. The van der Waals surface area contributed by atoms with Crippen LogP contribution < -0.4 is 5.73 Å². The number of nitrogens with two attached hydrogens (primary N) is 1. The molecule has 6 heterocycles. The number of H-pyrrole nitrogens is 1. The van der Waals surface area contributed by atoms with E-state index in [0.29, 0.717) is 29.7 Å². The van der Waals surface area contributed by atoms with Gasteiger partial charge in [-0.05, 0) is 38.7 Å². The summed E-state index contributed by atoms with van der Waals surface area (Å²) in [4.78, 5) is 26.4. The summed E-state index contributed by atoms with van der Waals surface area (Å²) in [6.45, 7) is 1.47. The second-order valence-corrected chi connectivity index (χ2v) is 12.3. The average Bonchev–Trinajstić information content (AvgIpc) is 3.72. The highest BCUT2D eigenvalue weighted by Crippen LogP contribution is 2.46. The number of Topliss-reactive ketones (excluding diaryl/α,β-unsaturated/α-hetero) is 1. The van der Waals surface area contributed by atoms with Crippen LogP contribution in [0.25, 0.3) is 28.0 Å². The maximum atomic E-state index is 13.3. The summed E-state index contributed by atoms with van der Waals surface area (Å²) in [5, 5.41) is 10.5. The van der Waals surface area contributed by atoms with Crippen molar-refractivity contribution in [2.45, 2.75) is 55.8 Å². The van der Waals surface area contributed by atoms with Crippen molar-refractivity contribution in [2.75, 3.05) is 5.73 Å². The van der Waals surface area contributed by atoms with E-state index in [1.165, 1.54) is 17.8 Å². The van der Waals surface area contributed by atoms with Crippen LogP contribution in [0.15, 0.2) is 66.3 Å². The molecule has 5 aromatic rings. The zero-order valence-corrected chi connectivity index (χ0v) is 23.0. The zero-order chi connectivity index (χ0) is 28.3. The molecule has 2 unspecified atom stereocenters. The van der Waals surface area contributed by atoms with Gasteiger partial charge in [0.15, 0.2) is 11.4 Å². The van der Waals surface area contributed by atoms with E-state index in [0.717, 1.165) is 35.2 Å². The maximum absolute atomic E-state index is 13.3. The number of nitrogen functional groups attached to an aromatic ring is 1. The smallest absolute Gasteiger partial charge is 0.278 e. The van der Waals surface area contributed by atoms with Crippen LogP contribution in [0.3, 0.4) is 0 Å². The Bertz CT molecular complexity index is 1860. The SMILES string of the molecule is CC(=O)c1c(C2CC3CCC(C2)N3S(=O)(=O)c2ncn[nH]2)nc2c(-c3ccc(-c4ccccc4)nc3)cnn2c1N. The van der Waals surface area contributed by atoms with Gasteiger partial charge in [0, 0.05) is 40.9 Å². The maximum Gasteiger partial charge on any atom is 0.278 e. The molecule has 2 saturated heterocycles. The number of piperidine rings is 1. The van der Waals surface area contributed by atoms with Crippen LogP contribution in [0.5, 0.6) is 0 Å². The predicted molar refractivity (Wildman–Crippen MR) is 150 cm³/mol. The summed E-state index contributed by atoms with van der Waals surface area (Å²) in [6.07, 6.45) is 7.13. The number of aromatic amines is 1. The zero-order valence-electron chi connectivity index (χ0n) is 22.2.